The van der Waals surface area contributed by atoms with E-state index < -0.39 is 18.1 Å². The van der Waals surface area contributed by atoms with Gasteiger partial charge in [0, 0.05) is 17.5 Å². The first-order valence-electron chi connectivity index (χ1n) is 7.74. The van der Waals surface area contributed by atoms with Gasteiger partial charge in [-0.15, -0.1) is 0 Å². The largest absolute Gasteiger partial charge is 0.459 e. The number of esters is 1. The standard InChI is InChI=1S/C17H19NO4/c1-7-3-4-8(2)11(5-7)18-16(20)12-9-6-10-13(12)17(21)22-15(10)14(9)19/h3-5,9-10,12-15,19H,6H2,1-2H3,(H,18,20)/t9-,10-,12-,13-,14+,15+/m1/s1. The number of aliphatic hydroxyl groups is 1. The Labute approximate surface area is 128 Å². The molecule has 2 saturated carbocycles. The smallest absolute Gasteiger partial charge is 0.310 e. The van der Waals surface area contributed by atoms with Gasteiger partial charge in [0.05, 0.1) is 17.9 Å². The van der Waals surface area contributed by atoms with Crippen LogP contribution in [0.25, 0.3) is 0 Å². The van der Waals surface area contributed by atoms with Gasteiger partial charge in [-0.05, 0) is 37.5 Å². The molecule has 0 radical (unpaired) electrons. The maximum Gasteiger partial charge on any atom is 0.310 e. The predicted molar refractivity (Wildman–Crippen MR) is 79.0 cm³/mol. The molecule has 1 aliphatic heterocycles. The normalized spacial score (nSPS) is 38.2. The summed E-state index contributed by atoms with van der Waals surface area (Å²) in [5.41, 5.74) is 2.81. The Morgan fingerprint density at radius 3 is 2.86 bits per heavy atom. The molecule has 2 aliphatic carbocycles. The maximum atomic E-state index is 12.7. The monoisotopic (exact) mass is 301 g/mol. The SMILES string of the molecule is Cc1ccc(C)c(NC(=O)[C@@H]2[C@H]3C[C@H]4[C@H](OC(=O)[C@H]42)[C@H]3O)c1. The number of fused-ring (bicyclic) bond motifs is 1. The Kier molecular flexibility index (Phi) is 2.85. The lowest BCUT2D eigenvalue weighted by Crippen LogP contribution is -2.42. The minimum Gasteiger partial charge on any atom is -0.459 e. The third-order valence-corrected chi connectivity index (χ3v) is 5.53. The summed E-state index contributed by atoms with van der Waals surface area (Å²) in [5, 5.41) is 13.2. The first-order valence-corrected chi connectivity index (χ1v) is 7.74. The fraction of sp³-hybridized carbons (Fsp3) is 0.529. The summed E-state index contributed by atoms with van der Waals surface area (Å²) in [6.45, 7) is 3.90. The van der Waals surface area contributed by atoms with Gasteiger partial charge >= 0.3 is 5.97 Å². The van der Waals surface area contributed by atoms with E-state index in [4.69, 9.17) is 4.74 Å². The molecule has 0 spiro atoms. The highest BCUT2D eigenvalue weighted by Gasteiger charge is 2.68. The molecule has 2 bridgehead atoms. The minimum absolute atomic E-state index is 0.00172. The molecule has 1 heterocycles. The number of amides is 1. The molecule has 5 nitrogen and oxygen atoms in total. The molecule has 6 atom stereocenters. The summed E-state index contributed by atoms with van der Waals surface area (Å²) in [7, 11) is 0. The van der Waals surface area contributed by atoms with E-state index >= 15 is 0 Å². The van der Waals surface area contributed by atoms with Gasteiger partial charge in [0.2, 0.25) is 5.91 Å². The van der Waals surface area contributed by atoms with Gasteiger partial charge in [-0.1, -0.05) is 12.1 Å². The average Bonchev–Trinajstić information content (AvgIpc) is 3.07. The first-order chi connectivity index (χ1) is 10.5. The third kappa shape index (κ3) is 1.75. The second-order valence-electron chi connectivity index (χ2n) is 6.81. The lowest BCUT2D eigenvalue weighted by Gasteiger charge is -2.27. The van der Waals surface area contributed by atoms with Gasteiger partial charge in [-0.25, -0.2) is 0 Å². The summed E-state index contributed by atoms with van der Waals surface area (Å²) >= 11 is 0. The third-order valence-electron chi connectivity index (χ3n) is 5.53. The van der Waals surface area contributed by atoms with E-state index in [1.807, 2.05) is 32.0 Å². The molecule has 1 aromatic rings. The number of hydrogen-bond donors (Lipinski definition) is 2. The topological polar surface area (TPSA) is 75.6 Å². The summed E-state index contributed by atoms with van der Waals surface area (Å²) in [6.07, 6.45) is -0.401. The Balaban J connectivity index is 1.61. The highest BCUT2D eigenvalue weighted by atomic mass is 16.6. The lowest BCUT2D eigenvalue weighted by atomic mass is 9.78. The molecule has 116 valence electrons. The van der Waals surface area contributed by atoms with Crippen LogP contribution in [0.1, 0.15) is 17.5 Å². The Hall–Kier alpha value is -1.88. The number of hydrogen-bond acceptors (Lipinski definition) is 4. The van der Waals surface area contributed by atoms with Crippen LogP contribution < -0.4 is 5.32 Å². The van der Waals surface area contributed by atoms with E-state index in [0.29, 0.717) is 6.42 Å². The molecule has 22 heavy (non-hydrogen) atoms. The van der Waals surface area contributed by atoms with Crippen LogP contribution in [-0.4, -0.2) is 29.2 Å². The molecule has 1 amide bonds. The zero-order chi connectivity index (χ0) is 15.6. The van der Waals surface area contributed by atoms with Crippen molar-refractivity contribution in [2.75, 3.05) is 5.32 Å². The number of rotatable bonds is 2. The molecule has 0 aromatic heterocycles. The Morgan fingerprint density at radius 2 is 2.09 bits per heavy atom. The number of benzene rings is 1. The summed E-state index contributed by atoms with van der Waals surface area (Å²) in [4.78, 5) is 24.7. The summed E-state index contributed by atoms with van der Waals surface area (Å²) < 4.78 is 5.26. The van der Waals surface area contributed by atoms with Crippen LogP contribution >= 0.6 is 0 Å². The number of carbonyl (C=O) groups excluding carboxylic acids is 2. The first kappa shape index (κ1) is 13.8. The quantitative estimate of drug-likeness (QED) is 0.810. The molecule has 0 unspecified atom stereocenters. The van der Waals surface area contributed by atoms with Crippen molar-refractivity contribution in [1.29, 1.82) is 0 Å². The lowest BCUT2D eigenvalue weighted by molar-refractivity contribution is -0.146. The van der Waals surface area contributed by atoms with Crippen LogP contribution in [0.2, 0.25) is 0 Å². The zero-order valence-corrected chi connectivity index (χ0v) is 12.6. The molecule has 1 saturated heterocycles. The van der Waals surface area contributed by atoms with Crippen molar-refractivity contribution in [3.8, 4) is 0 Å². The Morgan fingerprint density at radius 1 is 1.32 bits per heavy atom. The second-order valence-corrected chi connectivity index (χ2v) is 6.81. The van der Waals surface area contributed by atoms with Crippen molar-refractivity contribution in [2.45, 2.75) is 32.5 Å². The molecule has 4 rings (SSSR count). The number of nitrogens with one attached hydrogen (secondary N) is 1. The van der Waals surface area contributed by atoms with Crippen LogP contribution in [-0.2, 0) is 14.3 Å². The minimum atomic E-state index is -0.706. The van der Waals surface area contributed by atoms with Crippen molar-refractivity contribution in [1.82, 2.24) is 0 Å². The van der Waals surface area contributed by atoms with Crippen molar-refractivity contribution in [2.24, 2.45) is 23.7 Å². The van der Waals surface area contributed by atoms with E-state index in [1.54, 1.807) is 0 Å². The molecule has 5 heteroatoms. The fourth-order valence-corrected chi connectivity index (χ4v) is 4.46. The molecular formula is C17H19NO4. The molecule has 3 aliphatic rings. The van der Waals surface area contributed by atoms with E-state index in [-0.39, 0.29) is 29.6 Å². The van der Waals surface area contributed by atoms with E-state index in [9.17, 15) is 14.7 Å². The van der Waals surface area contributed by atoms with Crippen LogP contribution in [0, 0.1) is 37.5 Å². The van der Waals surface area contributed by atoms with Crippen molar-refractivity contribution in [3.63, 3.8) is 0 Å². The predicted octanol–water partition coefficient (Wildman–Crippen LogP) is 1.41. The maximum absolute atomic E-state index is 12.7. The highest BCUT2D eigenvalue weighted by molar-refractivity contribution is 5.97. The van der Waals surface area contributed by atoms with Crippen molar-refractivity contribution in [3.05, 3.63) is 29.3 Å². The number of anilines is 1. The second kappa shape index (κ2) is 4.56. The van der Waals surface area contributed by atoms with Crippen LogP contribution in [0.4, 0.5) is 5.69 Å². The van der Waals surface area contributed by atoms with Crippen LogP contribution in [0.15, 0.2) is 18.2 Å². The molecular weight excluding hydrogens is 282 g/mol. The van der Waals surface area contributed by atoms with Crippen LogP contribution in [0.5, 0.6) is 0 Å². The number of aryl methyl sites for hydroxylation is 2. The molecule has 2 N–H and O–H groups in total. The van der Waals surface area contributed by atoms with E-state index in [2.05, 4.69) is 5.32 Å². The van der Waals surface area contributed by atoms with Gasteiger partial charge in [-0.3, -0.25) is 9.59 Å². The van der Waals surface area contributed by atoms with Crippen molar-refractivity contribution >= 4 is 17.6 Å². The summed E-state index contributed by atoms with van der Waals surface area (Å²) in [6, 6.07) is 5.87. The average molecular weight is 301 g/mol. The molecule has 3 fully saturated rings. The molecule has 1 aromatic carbocycles. The van der Waals surface area contributed by atoms with Gasteiger partial charge in [0.1, 0.15) is 6.10 Å². The Bertz CT molecular complexity index is 671. The van der Waals surface area contributed by atoms with Gasteiger partial charge in [0.15, 0.2) is 0 Å². The number of ether oxygens (including phenoxy) is 1. The zero-order valence-electron chi connectivity index (χ0n) is 12.6. The van der Waals surface area contributed by atoms with Gasteiger partial charge in [0.25, 0.3) is 0 Å². The van der Waals surface area contributed by atoms with Gasteiger partial charge in [-0.2, -0.15) is 0 Å². The van der Waals surface area contributed by atoms with Crippen molar-refractivity contribution < 1.29 is 19.4 Å². The van der Waals surface area contributed by atoms with E-state index in [1.165, 1.54) is 0 Å². The van der Waals surface area contributed by atoms with Gasteiger partial charge < -0.3 is 15.2 Å². The summed E-state index contributed by atoms with van der Waals surface area (Å²) in [5.74, 6) is -1.54. The van der Waals surface area contributed by atoms with Crippen LogP contribution in [0.3, 0.4) is 0 Å². The van der Waals surface area contributed by atoms with E-state index in [0.717, 1.165) is 16.8 Å². The fourth-order valence-electron chi connectivity index (χ4n) is 4.46. The highest BCUT2D eigenvalue weighted by Crippen LogP contribution is 2.57. The number of carbonyl (C=O) groups is 2. The number of aliphatic hydroxyl groups excluding tert-OH is 1.